The van der Waals surface area contributed by atoms with Crippen LogP contribution in [0.5, 0.6) is 0 Å². The van der Waals surface area contributed by atoms with Gasteiger partial charge in [0, 0.05) is 10.5 Å². The Hall–Kier alpha value is 0.690. The van der Waals surface area contributed by atoms with Crippen LogP contribution in [0.2, 0.25) is 0 Å². The van der Waals surface area contributed by atoms with Crippen LogP contribution in [-0.2, 0) is 0 Å². The topological polar surface area (TPSA) is 12.0 Å². The van der Waals surface area contributed by atoms with Gasteiger partial charge in [0.15, 0.2) is 0 Å². The van der Waals surface area contributed by atoms with Gasteiger partial charge in [-0.1, -0.05) is 56.7 Å². The summed E-state index contributed by atoms with van der Waals surface area (Å²) in [6, 6.07) is 0.694. The molecule has 0 saturated heterocycles. The van der Waals surface area contributed by atoms with E-state index in [1.807, 2.05) is 0 Å². The zero-order chi connectivity index (χ0) is 10.3. The fraction of sp³-hybridized carbons (Fsp3) is 1.00. The van der Waals surface area contributed by atoms with Crippen molar-refractivity contribution < 1.29 is 0 Å². The third kappa shape index (κ3) is 6.72. The summed E-state index contributed by atoms with van der Waals surface area (Å²) >= 11 is 2.47. The first kappa shape index (κ1) is 13.7. The lowest BCUT2D eigenvalue weighted by Crippen LogP contribution is -2.37. The number of alkyl halides is 1. The van der Waals surface area contributed by atoms with Gasteiger partial charge < -0.3 is 5.32 Å². The van der Waals surface area contributed by atoms with Crippen LogP contribution < -0.4 is 5.32 Å². The van der Waals surface area contributed by atoms with Crippen LogP contribution >= 0.6 is 22.6 Å². The normalized spacial score (nSPS) is 16.2. The predicted octanol–water partition coefficient (Wildman–Crippen LogP) is 3.47. The van der Waals surface area contributed by atoms with E-state index < -0.39 is 0 Å². The van der Waals surface area contributed by atoms with E-state index in [0.29, 0.717) is 6.04 Å². The Morgan fingerprint density at radius 2 is 1.85 bits per heavy atom. The number of hydrogen-bond donors (Lipinski definition) is 1. The van der Waals surface area contributed by atoms with Crippen molar-refractivity contribution in [3.8, 4) is 0 Å². The molecule has 13 heavy (non-hydrogen) atoms. The van der Waals surface area contributed by atoms with Gasteiger partial charge in [0.25, 0.3) is 0 Å². The Labute approximate surface area is 97.2 Å². The molecule has 0 amide bonds. The SMILES string of the molecule is CCCC(C)CNC(CI)C(C)C. The molecule has 0 aromatic heterocycles. The van der Waals surface area contributed by atoms with Crippen LogP contribution in [0.25, 0.3) is 0 Å². The minimum absolute atomic E-state index is 0.694. The molecule has 0 radical (unpaired) electrons. The van der Waals surface area contributed by atoms with Crippen molar-refractivity contribution in [1.29, 1.82) is 0 Å². The highest BCUT2D eigenvalue weighted by molar-refractivity contribution is 14.1. The Bertz CT molecular complexity index is 115. The summed E-state index contributed by atoms with van der Waals surface area (Å²) in [6.07, 6.45) is 2.65. The zero-order valence-corrected chi connectivity index (χ0v) is 11.6. The Kier molecular flexibility index (Phi) is 8.46. The molecule has 2 heteroatoms. The molecule has 0 spiro atoms. The average Bonchev–Trinajstić information content (AvgIpc) is 2.05. The molecule has 0 heterocycles. The zero-order valence-electron chi connectivity index (χ0n) is 9.44. The summed E-state index contributed by atoms with van der Waals surface area (Å²) in [5.74, 6) is 1.58. The maximum absolute atomic E-state index is 3.65. The molecule has 0 aromatic rings. The largest absolute Gasteiger partial charge is 0.313 e. The van der Waals surface area contributed by atoms with Crippen molar-refractivity contribution in [2.24, 2.45) is 11.8 Å². The molecule has 1 nitrogen and oxygen atoms in total. The van der Waals surface area contributed by atoms with Crippen molar-refractivity contribution in [2.75, 3.05) is 11.0 Å². The molecule has 0 aliphatic heterocycles. The second-order valence-corrected chi connectivity index (χ2v) is 5.19. The Morgan fingerprint density at radius 3 is 2.23 bits per heavy atom. The molecule has 1 N–H and O–H groups in total. The first-order chi connectivity index (χ1) is 6.11. The summed E-state index contributed by atoms with van der Waals surface area (Å²) in [5, 5.41) is 3.65. The highest BCUT2D eigenvalue weighted by atomic mass is 127. The van der Waals surface area contributed by atoms with Crippen molar-refractivity contribution in [3.05, 3.63) is 0 Å². The van der Waals surface area contributed by atoms with Gasteiger partial charge in [-0.3, -0.25) is 0 Å². The molecule has 0 saturated carbocycles. The van der Waals surface area contributed by atoms with Gasteiger partial charge in [-0.05, 0) is 24.8 Å². The second-order valence-electron chi connectivity index (χ2n) is 4.31. The lowest BCUT2D eigenvalue weighted by atomic mass is 10.0. The van der Waals surface area contributed by atoms with Crippen LogP contribution in [0.15, 0.2) is 0 Å². The Balaban J connectivity index is 3.59. The second kappa shape index (κ2) is 8.04. The van der Waals surface area contributed by atoms with E-state index in [0.717, 1.165) is 11.8 Å². The van der Waals surface area contributed by atoms with Crippen molar-refractivity contribution >= 4 is 22.6 Å². The number of rotatable bonds is 7. The summed E-state index contributed by atoms with van der Waals surface area (Å²) in [7, 11) is 0. The van der Waals surface area contributed by atoms with Crippen LogP contribution in [0.1, 0.15) is 40.5 Å². The molecule has 2 unspecified atom stereocenters. The molecule has 0 aliphatic rings. The fourth-order valence-corrected chi connectivity index (χ4v) is 2.74. The van der Waals surface area contributed by atoms with E-state index in [-0.39, 0.29) is 0 Å². The maximum atomic E-state index is 3.65. The standard InChI is InChI=1S/C11H24IN/c1-5-6-10(4)8-13-11(7-12)9(2)3/h9-11,13H,5-8H2,1-4H3. The molecule has 0 bridgehead atoms. The van der Waals surface area contributed by atoms with Gasteiger partial charge in [-0.15, -0.1) is 0 Å². The van der Waals surface area contributed by atoms with Gasteiger partial charge in [-0.25, -0.2) is 0 Å². The number of hydrogen-bond acceptors (Lipinski definition) is 1. The van der Waals surface area contributed by atoms with E-state index in [2.05, 4.69) is 55.6 Å². The molecular formula is C11H24IN. The van der Waals surface area contributed by atoms with Crippen molar-refractivity contribution in [2.45, 2.75) is 46.6 Å². The Morgan fingerprint density at radius 1 is 1.23 bits per heavy atom. The molecular weight excluding hydrogens is 273 g/mol. The summed E-state index contributed by atoms with van der Waals surface area (Å²) < 4.78 is 1.22. The maximum Gasteiger partial charge on any atom is 0.0180 e. The highest BCUT2D eigenvalue weighted by Crippen LogP contribution is 2.08. The van der Waals surface area contributed by atoms with Gasteiger partial charge in [0.1, 0.15) is 0 Å². The van der Waals surface area contributed by atoms with Gasteiger partial charge in [0.05, 0.1) is 0 Å². The minimum Gasteiger partial charge on any atom is -0.313 e. The third-order valence-electron chi connectivity index (χ3n) is 2.48. The lowest BCUT2D eigenvalue weighted by molar-refractivity contribution is 0.387. The summed E-state index contributed by atoms with van der Waals surface area (Å²) in [5.41, 5.74) is 0. The first-order valence-corrected chi connectivity index (χ1v) is 6.93. The van der Waals surface area contributed by atoms with E-state index in [4.69, 9.17) is 0 Å². The monoisotopic (exact) mass is 297 g/mol. The summed E-state index contributed by atoms with van der Waals surface area (Å²) in [4.78, 5) is 0. The number of nitrogens with one attached hydrogen (secondary N) is 1. The van der Waals surface area contributed by atoms with Gasteiger partial charge in [0.2, 0.25) is 0 Å². The average molecular weight is 297 g/mol. The minimum atomic E-state index is 0.694. The molecule has 2 atom stereocenters. The van der Waals surface area contributed by atoms with Crippen LogP contribution in [0, 0.1) is 11.8 Å². The summed E-state index contributed by atoms with van der Waals surface area (Å²) in [6.45, 7) is 10.4. The van der Waals surface area contributed by atoms with E-state index in [9.17, 15) is 0 Å². The molecule has 0 aliphatic carbocycles. The molecule has 80 valence electrons. The lowest BCUT2D eigenvalue weighted by Gasteiger charge is -2.22. The quantitative estimate of drug-likeness (QED) is 0.560. The fourth-order valence-electron chi connectivity index (χ4n) is 1.42. The van der Waals surface area contributed by atoms with Gasteiger partial charge in [-0.2, -0.15) is 0 Å². The van der Waals surface area contributed by atoms with Crippen LogP contribution in [-0.4, -0.2) is 17.0 Å². The molecule has 0 rings (SSSR count). The smallest absolute Gasteiger partial charge is 0.0180 e. The van der Waals surface area contributed by atoms with Crippen molar-refractivity contribution in [1.82, 2.24) is 5.32 Å². The molecule has 0 aromatic carbocycles. The molecule has 0 fully saturated rings. The van der Waals surface area contributed by atoms with Crippen LogP contribution in [0.3, 0.4) is 0 Å². The first-order valence-electron chi connectivity index (χ1n) is 5.41. The van der Waals surface area contributed by atoms with E-state index in [1.54, 1.807) is 0 Å². The van der Waals surface area contributed by atoms with E-state index in [1.165, 1.54) is 23.8 Å². The third-order valence-corrected chi connectivity index (χ3v) is 3.43. The van der Waals surface area contributed by atoms with Gasteiger partial charge >= 0.3 is 0 Å². The highest BCUT2D eigenvalue weighted by Gasteiger charge is 2.11. The predicted molar refractivity (Wildman–Crippen MR) is 69.6 cm³/mol. The number of halogens is 1. The van der Waals surface area contributed by atoms with Crippen molar-refractivity contribution in [3.63, 3.8) is 0 Å². The van der Waals surface area contributed by atoms with Crippen LogP contribution in [0.4, 0.5) is 0 Å². The van der Waals surface area contributed by atoms with E-state index >= 15 is 0 Å².